The standard InChI is InChI=1S/C18H27NO3/c1-3-5-6-17(18(20)21-4-2)22-16-10-8-13-7-9-15(19)11-14(13)12-16/h8,10,12,15,17H,3-7,9,11,19H2,1-2H3. The first kappa shape index (κ1) is 16.8. The highest BCUT2D eigenvalue weighted by Gasteiger charge is 2.22. The van der Waals surface area contributed by atoms with Gasteiger partial charge in [0, 0.05) is 6.04 Å². The number of fused-ring (bicyclic) bond motifs is 1. The second-order valence-electron chi connectivity index (χ2n) is 5.93. The summed E-state index contributed by atoms with van der Waals surface area (Å²) in [4.78, 5) is 12.0. The molecule has 0 amide bonds. The monoisotopic (exact) mass is 305 g/mol. The van der Waals surface area contributed by atoms with Crippen molar-refractivity contribution < 1.29 is 14.3 Å². The molecule has 1 aliphatic carbocycles. The maximum atomic E-state index is 12.0. The van der Waals surface area contributed by atoms with Crippen molar-refractivity contribution in [1.82, 2.24) is 0 Å². The van der Waals surface area contributed by atoms with Crippen molar-refractivity contribution in [1.29, 1.82) is 0 Å². The minimum absolute atomic E-state index is 0.226. The maximum absolute atomic E-state index is 12.0. The number of unbranched alkanes of at least 4 members (excludes halogenated alkanes) is 1. The molecule has 2 N–H and O–H groups in total. The number of benzene rings is 1. The molecule has 1 aliphatic rings. The summed E-state index contributed by atoms with van der Waals surface area (Å²) in [5.41, 5.74) is 8.63. The Morgan fingerprint density at radius 3 is 2.91 bits per heavy atom. The van der Waals surface area contributed by atoms with Gasteiger partial charge in [0.05, 0.1) is 6.61 Å². The highest BCUT2D eigenvalue weighted by molar-refractivity contribution is 5.75. The van der Waals surface area contributed by atoms with Gasteiger partial charge in [0.2, 0.25) is 0 Å². The Kier molecular flexibility index (Phi) is 6.25. The van der Waals surface area contributed by atoms with Gasteiger partial charge in [-0.3, -0.25) is 0 Å². The van der Waals surface area contributed by atoms with Crippen LogP contribution >= 0.6 is 0 Å². The number of hydrogen-bond donors (Lipinski definition) is 1. The molecule has 2 rings (SSSR count). The lowest BCUT2D eigenvalue weighted by atomic mass is 9.89. The van der Waals surface area contributed by atoms with Crippen LogP contribution in [0.1, 0.15) is 50.7 Å². The van der Waals surface area contributed by atoms with Gasteiger partial charge in [-0.2, -0.15) is 0 Å². The third-order valence-corrected chi connectivity index (χ3v) is 4.09. The van der Waals surface area contributed by atoms with E-state index >= 15 is 0 Å². The normalized spacial score (nSPS) is 18.4. The van der Waals surface area contributed by atoms with E-state index < -0.39 is 6.10 Å². The van der Waals surface area contributed by atoms with Crippen LogP contribution in [0.2, 0.25) is 0 Å². The molecule has 0 aliphatic heterocycles. The third-order valence-electron chi connectivity index (χ3n) is 4.09. The molecule has 122 valence electrons. The van der Waals surface area contributed by atoms with E-state index in [9.17, 15) is 4.79 Å². The molecule has 2 unspecified atom stereocenters. The lowest BCUT2D eigenvalue weighted by Gasteiger charge is -2.23. The Labute approximate surface area is 133 Å². The molecule has 1 aromatic rings. The molecule has 4 nitrogen and oxygen atoms in total. The van der Waals surface area contributed by atoms with Gasteiger partial charge in [-0.15, -0.1) is 0 Å². The minimum Gasteiger partial charge on any atom is -0.479 e. The molecule has 0 bridgehead atoms. The van der Waals surface area contributed by atoms with E-state index in [1.807, 2.05) is 19.1 Å². The molecule has 4 heteroatoms. The van der Waals surface area contributed by atoms with Crippen LogP contribution in [-0.4, -0.2) is 24.7 Å². The highest BCUT2D eigenvalue weighted by atomic mass is 16.6. The highest BCUT2D eigenvalue weighted by Crippen LogP contribution is 2.26. The van der Waals surface area contributed by atoms with Gasteiger partial charge >= 0.3 is 5.97 Å². The Morgan fingerprint density at radius 1 is 1.36 bits per heavy atom. The summed E-state index contributed by atoms with van der Waals surface area (Å²) in [6.07, 6.45) is 5.08. The number of ether oxygens (including phenoxy) is 2. The Morgan fingerprint density at radius 2 is 2.18 bits per heavy atom. The fraction of sp³-hybridized carbons (Fsp3) is 0.611. The number of carbonyl (C=O) groups excluding carboxylic acids is 1. The van der Waals surface area contributed by atoms with Crippen molar-refractivity contribution >= 4 is 5.97 Å². The molecule has 0 fully saturated rings. The van der Waals surface area contributed by atoms with Crippen LogP contribution in [-0.2, 0) is 22.4 Å². The number of aryl methyl sites for hydroxylation is 1. The zero-order valence-electron chi connectivity index (χ0n) is 13.6. The average Bonchev–Trinajstić information content (AvgIpc) is 2.51. The van der Waals surface area contributed by atoms with Crippen molar-refractivity contribution in [2.45, 2.75) is 64.5 Å². The van der Waals surface area contributed by atoms with Crippen LogP contribution in [0.4, 0.5) is 0 Å². The lowest BCUT2D eigenvalue weighted by Crippen LogP contribution is -2.30. The zero-order chi connectivity index (χ0) is 15.9. The van der Waals surface area contributed by atoms with Crippen LogP contribution in [0.3, 0.4) is 0 Å². The molecule has 2 atom stereocenters. The molecule has 0 radical (unpaired) electrons. The third kappa shape index (κ3) is 4.47. The number of nitrogens with two attached hydrogens (primary N) is 1. The van der Waals surface area contributed by atoms with Gasteiger partial charge in [0.25, 0.3) is 0 Å². The predicted molar refractivity (Wildman–Crippen MR) is 87.0 cm³/mol. The SMILES string of the molecule is CCCCC(Oc1ccc2c(c1)CC(N)CC2)C(=O)OCC. The van der Waals surface area contributed by atoms with Crippen molar-refractivity contribution in [3.8, 4) is 5.75 Å². The molecular formula is C18H27NO3. The first-order valence-corrected chi connectivity index (χ1v) is 8.34. The topological polar surface area (TPSA) is 61.5 Å². The lowest BCUT2D eigenvalue weighted by molar-refractivity contribution is -0.151. The molecular weight excluding hydrogens is 278 g/mol. The van der Waals surface area contributed by atoms with E-state index in [0.29, 0.717) is 13.0 Å². The van der Waals surface area contributed by atoms with E-state index in [4.69, 9.17) is 15.2 Å². The van der Waals surface area contributed by atoms with E-state index in [2.05, 4.69) is 13.0 Å². The summed E-state index contributed by atoms with van der Waals surface area (Å²) < 4.78 is 11.0. The first-order valence-electron chi connectivity index (χ1n) is 8.34. The summed E-state index contributed by atoms with van der Waals surface area (Å²) in [5, 5.41) is 0. The van der Waals surface area contributed by atoms with Gasteiger partial charge in [0.15, 0.2) is 6.10 Å². The summed E-state index contributed by atoms with van der Waals surface area (Å²) in [7, 11) is 0. The van der Waals surface area contributed by atoms with E-state index in [1.165, 1.54) is 11.1 Å². The van der Waals surface area contributed by atoms with E-state index in [-0.39, 0.29) is 12.0 Å². The number of hydrogen-bond acceptors (Lipinski definition) is 4. The second kappa shape index (κ2) is 8.18. The van der Waals surface area contributed by atoms with Crippen LogP contribution in [0.25, 0.3) is 0 Å². The van der Waals surface area contributed by atoms with Gasteiger partial charge in [-0.25, -0.2) is 4.79 Å². The molecule has 0 saturated carbocycles. The Balaban J connectivity index is 2.08. The van der Waals surface area contributed by atoms with Crippen LogP contribution < -0.4 is 10.5 Å². The predicted octanol–water partition coefficient (Wildman–Crippen LogP) is 3.00. The molecule has 22 heavy (non-hydrogen) atoms. The maximum Gasteiger partial charge on any atom is 0.347 e. The largest absolute Gasteiger partial charge is 0.479 e. The van der Waals surface area contributed by atoms with Crippen LogP contribution in [0, 0.1) is 0 Å². The smallest absolute Gasteiger partial charge is 0.347 e. The number of rotatable bonds is 7. The van der Waals surface area contributed by atoms with Gasteiger partial charge in [0.1, 0.15) is 5.75 Å². The quantitative estimate of drug-likeness (QED) is 0.787. The van der Waals surface area contributed by atoms with Crippen molar-refractivity contribution in [3.63, 3.8) is 0 Å². The summed E-state index contributed by atoms with van der Waals surface area (Å²) in [6, 6.07) is 6.31. The number of esters is 1. The molecule has 0 saturated heterocycles. The van der Waals surface area contributed by atoms with Crippen LogP contribution in [0.15, 0.2) is 18.2 Å². The van der Waals surface area contributed by atoms with Gasteiger partial charge in [-0.05, 0) is 62.3 Å². The summed E-state index contributed by atoms with van der Waals surface area (Å²) in [6.45, 7) is 4.29. The second-order valence-corrected chi connectivity index (χ2v) is 5.93. The van der Waals surface area contributed by atoms with Crippen molar-refractivity contribution in [3.05, 3.63) is 29.3 Å². The Bertz CT molecular complexity index is 501. The van der Waals surface area contributed by atoms with Crippen molar-refractivity contribution in [2.75, 3.05) is 6.61 Å². The molecule has 0 spiro atoms. The zero-order valence-corrected chi connectivity index (χ0v) is 13.6. The van der Waals surface area contributed by atoms with E-state index in [0.717, 1.165) is 37.9 Å². The number of carbonyl (C=O) groups is 1. The Hall–Kier alpha value is -1.55. The first-order chi connectivity index (χ1) is 10.6. The fourth-order valence-electron chi connectivity index (χ4n) is 2.85. The molecule has 0 aromatic heterocycles. The van der Waals surface area contributed by atoms with E-state index in [1.54, 1.807) is 0 Å². The summed E-state index contributed by atoms with van der Waals surface area (Å²) in [5.74, 6) is 0.465. The minimum atomic E-state index is -0.518. The fourth-order valence-corrected chi connectivity index (χ4v) is 2.85. The average molecular weight is 305 g/mol. The molecule has 1 aromatic carbocycles. The molecule has 0 heterocycles. The summed E-state index contributed by atoms with van der Waals surface area (Å²) >= 11 is 0. The van der Waals surface area contributed by atoms with Gasteiger partial charge < -0.3 is 15.2 Å². The van der Waals surface area contributed by atoms with Gasteiger partial charge in [-0.1, -0.05) is 19.4 Å². The van der Waals surface area contributed by atoms with Crippen LogP contribution in [0.5, 0.6) is 5.75 Å². The van der Waals surface area contributed by atoms with Crippen molar-refractivity contribution in [2.24, 2.45) is 5.73 Å².